The number of carbonyl (C=O) groups is 1. The lowest BCUT2D eigenvalue weighted by molar-refractivity contribution is -0.134. The van der Waals surface area contributed by atoms with Crippen molar-refractivity contribution in [2.45, 2.75) is 44.7 Å². The number of likely N-dealkylation sites (N-methyl/N-ethyl adjacent to an activating group) is 1. The number of aryl methyl sites for hydroxylation is 1. The fourth-order valence-corrected chi connectivity index (χ4v) is 3.94. The fourth-order valence-electron chi connectivity index (χ4n) is 3.94. The average molecular weight is 499 g/mol. The summed E-state index contributed by atoms with van der Waals surface area (Å²) >= 11 is 0. The molecule has 0 bridgehead atoms. The van der Waals surface area contributed by atoms with Crippen molar-refractivity contribution in [1.82, 2.24) is 45.0 Å². The van der Waals surface area contributed by atoms with Gasteiger partial charge in [0.25, 0.3) is 5.95 Å². The highest BCUT2D eigenvalue weighted by Gasteiger charge is 2.39. The van der Waals surface area contributed by atoms with Crippen LogP contribution in [0.3, 0.4) is 0 Å². The van der Waals surface area contributed by atoms with E-state index in [0.717, 1.165) is 5.69 Å². The second kappa shape index (κ2) is 9.96. The van der Waals surface area contributed by atoms with Crippen LogP contribution in [-0.2, 0) is 27.2 Å². The normalized spacial score (nSPS) is 19.7. The molecule has 15 nitrogen and oxygen atoms in total. The number of nitrogens with one attached hydrogen (secondary N) is 2. The highest BCUT2D eigenvalue weighted by atomic mass is 16.5. The average Bonchev–Trinajstić information content (AvgIpc) is 3.67. The molecule has 4 aromatic rings. The number of nitrogens with zero attached hydrogens (tertiary/aromatic N) is 8. The Balaban J connectivity index is 1.53. The molecule has 15 heteroatoms. The number of rotatable bonds is 9. The molecule has 190 valence electrons. The monoisotopic (exact) mass is 498 g/mol. The molecule has 5 heterocycles. The van der Waals surface area contributed by atoms with Crippen molar-refractivity contribution < 1.29 is 23.9 Å². The minimum absolute atomic E-state index is 0.143. The number of aliphatic hydroxyl groups excluding tert-OH is 1. The van der Waals surface area contributed by atoms with Crippen molar-refractivity contribution in [2.24, 2.45) is 0 Å². The second-order valence-corrected chi connectivity index (χ2v) is 8.31. The summed E-state index contributed by atoms with van der Waals surface area (Å²) in [7, 11) is 3.13. The Kier molecular flexibility index (Phi) is 6.58. The summed E-state index contributed by atoms with van der Waals surface area (Å²) < 4.78 is 19.3. The number of aromatic nitrogens is 8. The molecule has 1 fully saturated rings. The highest BCUT2D eigenvalue weighted by Crippen LogP contribution is 2.32. The van der Waals surface area contributed by atoms with Crippen LogP contribution in [0.4, 0.5) is 5.82 Å². The van der Waals surface area contributed by atoms with Gasteiger partial charge in [-0.3, -0.25) is 9.36 Å². The predicted molar refractivity (Wildman–Crippen MR) is 123 cm³/mol. The summed E-state index contributed by atoms with van der Waals surface area (Å²) in [5, 5.41) is 28.6. The number of methoxy groups -OCH3 is 1. The van der Waals surface area contributed by atoms with Gasteiger partial charge in [-0.25, -0.2) is 4.98 Å². The molecule has 0 unspecified atom stereocenters. The third kappa shape index (κ3) is 4.62. The van der Waals surface area contributed by atoms with Gasteiger partial charge >= 0.3 is 0 Å². The molecule has 1 aliphatic rings. The lowest BCUT2D eigenvalue weighted by atomic mass is 10.2. The van der Waals surface area contributed by atoms with Crippen LogP contribution in [0.15, 0.2) is 23.1 Å². The summed E-state index contributed by atoms with van der Waals surface area (Å²) in [6.07, 6.45) is 1.34. The number of aliphatic hydroxyl groups is 1. The Hall–Kier alpha value is -3.95. The summed E-state index contributed by atoms with van der Waals surface area (Å²) in [5.74, 6) is 0.942. The van der Waals surface area contributed by atoms with E-state index in [1.54, 1.807) is 17.9 Å². The van der Waals surface area contributed by atoms with Crippen LogP contribution in [-0.4, -0.2) is 83.7 Å². The topological polar surface area (TPSA) is 180 Å². The smallest absolute Gasteiger partial charge is 0.256 e. The standard InChI is InChI=1S/C21H26N10O5/c1-11-6-13(36-28-11)8-23-17-16-18(26-21(25-17)31-9-12(27-29-31)4-5-34-3)30(10-24-16)20-14(32)7-15(35-20)19(33)22-2/h6,9-10,14-15,20,32H,4-5,7-8H2,1-3H3,(H,22,33)(H,23,25,26)/t14-,15+,20-/m1/s1. The molecule has 0 spiro atoms. The Morgan fingerprint density at radius 2 is 2.22 bits per heavy atom. The lowest BCUT2D eigenvalue weighted by Crippen LogP contribution is -2.31. The number of amides is 1. The maximum absolute atomic E-state index is 12.1. The molecule has 4 aromatic heterocycles. The maximum Gasteiger partial charge on any atom is 0.256 e. The molecule has 0 aliphatic carbocycles. The molecule has 0 radical (unpaired) electrons. The first kappa shape index (κ1) is 23.8. The molecule has 3 atom stereocenters. The van der Waals surface area contributed by atoms with E-state index in [-0.39, 0.29) is 18.3 Å². The van der Waals surface area contributed by atoms with Crippen LogP contribution in [0, 0.1) is 6.92 Å². The van der Waals surface area contributed by atoms with Gasteiger partial charge < -0.3 is 29.7 Å². The first-order valence-electron chi connectivity index (χ1n) is 11.3. The lowest BCUT2D eigenvalue weighted by Gasteiger charge is -2.17. The number of anilines is 1. The van der Waals surface area contributed by atoms with E-state index in [1.807, 2.05) is 13.0 Å². The van der Waals surface area contributed by atoms with Gasteiger partial charge in [-0.15, -0.1) is 5.10 Å². The number of carbonyl (C=O) groups excluding carboxylic acids is 1. The highest BCUT2D eigenvalue weighted by molar-refractivity contribution is 5.84. The Bertz CT molecular complexity index is 1360. The Labute approximate surface area is 204 Å². The maximum atomic E-state index is 12.1. The predicted octanol–water partition coefficient (Wildman–Crippen LogP) is -0.101. The molecule has 3 N–H and O–H groups in total. The third-order valence-corrected chi connectivity index (χ3v) is 5.73. The van der Waals surface area contributed by atoms with Crippen molar-refractivity contribution in [2.75, 3.05) is 26.1 Å². The summed E-state index contributed by atoms with van der Waals surface area (Å²) in [6.45, 7) is 2.63. The van der Waals surface area contributed by atoms with E-state index in [1.165, 1.54) is 18.1 Å². The quantitative estimate of drug-likeness (QED) is 0.279. The molecule has 36 heavy (non-hydrogen) atoms. The van der Waals surface area contributed by atoms with Gasteiger partial charge in [-0.05, 0) is 6.92 Å². The Morgan fingerprint density at radius 3 is 2.97 bits per heavy atom. The van der Waals surface area contributed by atoms with E-state index < -0.39 is 18.4 Å². The van der Waals surface area contributed by atoms with Crippen molar-refractivity contribution in [3.63, 3.8) is 0 Å². The van der Waals surface area contributed by atoms with Crippen LogP contribution in [0.5, 0.6) is 0 Å². The van der Waals surface area contributed by atoms with Gasteiger partial charge in [-0.2, -0.15) is 14.6 Å². The molecule has 0 aromatic carbocycles. The van der Waals surface area contributed by atoms with Gasteiger partial charge in [0.15, 0.2) is 29.0 Å². The second-order valence-electron chi connectivity index (χ2n) is 8.31. The molecule has 0 saturated carbocycles. The zero-order valence-corrected chi connectivity index (χ0v) is 20.0. The minimum atomic E-state index is -0.941. The fraction of sp³-hybridized carbons (Fsp3) is 0.476. The third-order valence-electron chi connectivity index (χ3n) is 5.73. The van der Waals surface area contributed by atoms with E-state index in [9.17, 15) is 9.90 Å². The van der Waals surface area contributed by atoms with Crippen molar-refractivity contribution >= 4 is 22.9 Å². The largest absolute Gasteiger partial charge is 0.388 e. The van der Waals surface area contributed by atoms with E-state index in [4.69, 9.17) is 14.0 Å². The molecule has 5 rings (SSSR count). The first-order chi connectivity index (χ1) is 17.5. The minimum Gasteiger partial charge on any atom is -0.388 e. The SMILES string of the molecule is CNC(=O)[C@@H]1C[C@@H](O)[C@H](n2cnc3c(NCc4cc(C)no4)nc(-n4cc(CCOC)nn4)nc32)O1. The Morgan fingerprint density at radius 1 is 1.36 bits per heavy atom. The summed E-state index contributed by atoms with van der Waals surface area (Å²) in [6, 6.07) is 1.81. The molecule has 1 saturated heterocycles. The van der Waals surface area contributed by atoms with Gasteiger partial charge in [-0.1, -0.05) is 10.4 Å². The molecular formula is C21H26N10O5. The van der Waals surface area contributed by atoms with Crippen molar-refractivity contribution in [1.29, 1.82) is 0 Å². The first-order valence-corrected chi connectivity index (χ1v) is 11.3. The number of hydrogen-bond donors (Lipinski definition) is 3. The molecule has 1 amide bonds. The zero-order chi connectivity index (χ0) is 25.2. The van der Waals surface area contributed by atoms with Gasteiger partial charge in [0.05, 0.1) is 37.1 Å². The van der Waals surface area contributed by atoms with Crippen molar-refractivity contribution in [3.8, 4) is 5.95 Å². The van der Waals surface area contributed by atoms with E-state index in [0.29, 0.717) is 48.0 Å². The summed E-state index contributed by atoms with van der Waals surface area (Å²) in [4.78, 5) is 25.8. The van der Waals surface area contributed by atoms with Gasteiger partial charge in [0, 0.05) is 33.1 Å². The van der Waals surface area contributed by atoms with Gasteiger partial charge in [0.2, 0.25) is 5.91 Å². The number of ether oxygens (including phenoxy) is 2. The van der Waals surface area contributed by atoms with E-state index in [2.05, 4.69) is 41.1 Å². The zero-order valence-electron chi connectivity index (χ0n) is 20.0. The number of imidazole rings is 1. The molecular weight excluding hydrogens is 472 g/mol. The van der Waals surface area contributed by atoms with E-state index >= 15 is 0 Å². The van der Waals surface area contributed by atoms with Crippen LogP contribution < -0.4 is 10.6 Å². The molecule has 1 aliphatic heterocycles. The van der Waals surface area contributed by atoms with Crippen LogP contribution in [0.1, 0.15) is 29.8 Å². The number of fused-ring (bicyclic) bond motifs is 1. The number of hydrogen-bond acceptors (Lipinski definition) is 12. The van der Waals surface area contributed by atoms with Crippen LogP contribution in [0.2, 0.25) is 0 Å². The van der Waals surface area contributed by atoms with Crippen LogP contribution in [0.25, 0.3) is 17.1 Å². The summed E-state index contributed by atoms with van der Waals surface area (Å²) in [5.41, 5.74) is 2.29. The van der Waals surface area contributed by atoms with Gasteiger partial charge in [0.1, 0.15) is 12.2 Å². The van der Waals surface area contributed by atoms with Crippen LogP contribution >= 0.6 is 0 Å². The van der Waals surface area contributed by atoms with Crippen molar-refractivity contribution in [3.05, 3.63) is 35.7 Å².